The van der Waals surface area contributed by atoms with Gasteiger partial charge in [0.25, 0.3) is 0 Å². The number of carbonyl (C=O) groups is 1. The average Bonchev–Trinajstić information content (AvgIpc) is 2.40. The minimum absolute atomic E-state index is 0.0175. The predicted molar refractivity (Wildman–Crippen MR) is 77.6 cm³/mol. The second-order valence-corrected chi connectivity index (χ2v) is 5.85. The van der Waals surface area contributed by atoms with Crippen LogP contribution in [0.1, 0.15) is 18.0 Å². The van der Waals surface area contributed by atoms with E-state index >= 15 is 0 Å². The fourth-order valence-corrected chi connectivity index (χ4v) is 3.29. The summed E-state index contributed by atoms with van der Waals surface area (Å²) in [5, 5.41) is 3.68. The third-order valence-corrected chi connectivity index (χ3v) is 4.20. The molecule has 1 aromatic carbocycles. The normalized spacial score (nSPS) is 17.9. The van der Waals surface area contributed by atoms with Crippen molar-refractivity contribution >= 4 is 29.3 Å². The molecule has 0 saturated heterocycles. The van der Waals surface area contributed by atoms with Gasteiger partial charge in [-0.05, 0) is 30.2 Å². The molecule has 0 radical (unpaired) electrons. The maximum Gasteiger partial charge on any atom is 0.246 e. The maximum absolute atomic E-state index is 11.8. The van der Waals surface area contributed by atoms with Gasteiger partial charge in [0, 0.05) is 22.2 Å². The Balaban J connectivity index is 1.99. The fraction of sp³-hybridized carbons (Fsp3) is 0.462. The number of rotatable bonds is 5. The first-order valence-corrected chi connectivity index (χ1v) is 7.56. The number of halogens is 1. The maximum atomic E-state index is 11.8. The first kappa shape index (κ1) is 14.7. The summed E-state index contributed by atoms with van der Waals surface area (Å²) in [5.74, 6) is 0.875. The third kappa shape index (κ3) is 4.11. The minimum Gasteiger partial charge on any atom is -0.370 e. The van der Waals surface area contributed by atoms with Crippen LogP contribution in [-0.4, -0.2) is 31.4 Å². The van der Waals surface area contributed by atoms with Gasteiger partial charge in [0.15, 0.2) is 0 Å². The highest BCUT2D eigenvalue weighted by Gasteiger charge is 2.22. The molecule has 1 aliphatic rings. The zero-order valence-electron chi connectivity index (χ0n) is 10.5. The van der Waals surface area contributed by atoms with Crippen LogP contribution in [0.4, 0.5) is 0 Å². The predicted octanol–water partition coefficient (Wildman–Crippen LogP) is 1.97. The van der Waals surface area contributed by atoms with Gasteiger partial charge in [0.2, 0.25) is 5.91 Å². The average molecular weight is 301 g/mol. The lowest BCUT2D eigenvalue weighted by Gasteiger charge is -2.26. The number of thioether (sulfide) groups is 1. The summed E-state index contributed by atoms with van der Waals surface area (Å²) in [6.45, 7) is 0.874. The van der Waals surface area contributed by atoms with Crippen LogP contribution >= 0.6 is 23.4 Å². The van der Waals surface area contributed by atoms with Crippen molar-refractivity contribution < 1.29 is 9.53 Å². The van der Waals surface area contributed by atoms with Gasteiger partial charge in [-0.3, -0.25) is 4.79 Å². The topological polar surface area (TPSA) is 64.3 Å². The van der Waals surface area contributed by atoms with Crippen LogP contribution in [0, 0.1) is 0 Å². The Labute approximate surface area is 122 Å². The van der Waals surface area contributed by atoms with Crippen molar-refractivity contribution in [1.82, 2.24) is 5.32 Å². The highest BCUT2D eigenvalue weighted by molar-refractivity contribution is 7.99. The second-order valence-electron chi connectivity index (χ2n) is 4.28. The Morgan fingerprint density at radius 3 is 3.21 bits per heavy atom. The summed E-state index contributed by atoms with van der Waals surface area (Å²) in [5.41, 5.74) is 6.40. The molecule has 19 heavy (non-hydrogen) atoms. The number of nitrogens with two attached hydrogens (primary N) is 1. The molecule has 2 rings (SSSR count). The second kappa shape index (κ2) is 7.14. The molecule has 1 aliphatic heterocycles. The van der Waals surface area contributed by atoms with Crippen molar-refractivity contribution in [1.29, 1.82) is 0 Å². The number of nitrogens with one attached hydrogen (secondary N) is 1. The molecule has 0 bridgehead atoms. The molecular weight excluding hydrogens is 284 g/mol. The number of hydrogen-bond donors (Lipinski definition) is 2. The van der Waals surface area contributed by atoms with Crippen molar-refractivity contribution in [2.45, 2.75) is 17.4 Å². The van der Waals surface area contributed by atoms with Gasteiger partial charge >= 0.3 is 0 Å². The SMILES string of the molecule is NCCOCC(=O)NC1CCSc2ccc(Cl)cc21. The van der Waals surface area contributed by atoms with E-state index in [0.717, 1.165) is 17.7 Å². The molecular formula is C13H17ClN2O2S. The first-order chi connectivity index (χ1) is 9.20. The quantitative estimate of drug-likeness (QED) is 0.816. The summed E-state index contributed by atoms with van der Waals surface area (Å²) in [6, 6.07) is 5.83. The van der Waals surface area contributed by atoms with E-state index in [1.165, 1.54) is 4.90 Å². The first-order valence-electron chi connectivity index (χ1n) is 6.20. The van der Waals surface area contributed by atoms with Crippen molar-refractivity contribution in [2.24, 2.45) is 5.73 Å². The van der Waals surface area contributed by atoms with Crippen LogP contribution < -0.4 is 11.1 Å². The molecule has 104 valence electrons. The lowest BCUT2D eigenvalue weighted by Crippen LogP contribution is -2.33. The molecule has 0 aliphatic carbocycles. The van der Waals surface area contributed by atoms with E-state index in [4.69, 9.17) is 22.1 Å². The van der Waals surface area contributed by atoms with Gasteiger partial charge in [-0.1, -0.05) is 11.6 Å². The van der Waals surface area contributed by atoms with Gasteiger partial charge in [-0.15, -0.1) is 11.8 Å². The van der Waals surface area contributed by atoms with Crippen molar-refractivity contribution in [3.05, 3.63) is 28.8 Å². The molecule has 1 heterocycles. The van der Waals surface area contributed by atoms with E-state index < -0.39 is 0 Å². The monoisotopic (exact) mass is 300 g/mol. The van der Waals surface area contributed by atoms with Crippen LogP contribution in [0.2, 0.25) is 5.02 Å². The third-order valence-electron chi connectivity index (χ3n) is 2.84. The Morgan fingerprint density at radius 1 is 1.58 bits per heavy atom. The number of carbonyl (C=O) groups excluding carboxylic acids is 1. The Hall–Kier alpha value is -0.750. The van der Waals surface area contributed by atoms with Gasteiger partial charge in [-0.25, -0.2) is 0 Å². The van der Waals surface area contributed by atoms with Crippen molar-refractivity contribution in [2.75, 3.05) is 25.5 Å². The van der Waals surface area contributed by atoms with E-state index in [-0.39, 0.29) is 18.6 Å². The van der Waals surface area contributed by atoms with Gasteiger partial charge < -0.3 is 15.8 Å². The van der Waals surface area contributed by atoms with Crippen molar-refractivity contribution in [3.8, 4) is 0 Å². The number of fused-ring (bicyclic) bond motifs is 1. The fourth-order valence-electron chi connectivity index (χ4n) is 2.00. The Kier molecular flexibility index (Phi) is 5.51. The van der Waals surface area contributed by atoms with E-state index in [0.29, 0.717) is 18.2 Å². The summed E-state index contributed by atoms with van der Waals surface area (Å²) in [7, 11) is 0. The van der Waals surface area contributed by atoms with Gasteiger partial charge in [0.05, 0.1) is 12.6 Å². The molecule has 1 aromatic rings. The lowest BCUT2D eigenvalue weighted by molar-refractivity contribution is -0.126. The summed E-state index contributed by atoms with van der Waals surface area (Å²) >= 11 is 7.81. The molecule has 4 nitrogen and oxygen atoms in total. The van der Waals surface area contributed by atoms with Crippen LogP contribution in [0.25, 0.3) is 0 Å². The highest BCUT2D eigenvalue weighted by Crippen LogP contribution is 2.37. The van der Waals surface area contributed by atoms with Gasteiger partial charge in [0.1, 0.15) is 6.61 Å². The summed E-state index contributed by atoms with van der Waals surface area (Å²) in [6.07, 6.45) is 0.903. The van der Waals surface area contributed by atoms with Crippen LogP contribution in [0.5, 0.6) is 0 Å². The smallest absolute Gasteiger partial charge is 0.246 e. The van der Waals surface area contributed by atoms with E-state index in [9.17, 15) is 4.79 Å². The Morgan fingerprint density at radius 2 is 2.42 bits per heavy atom. The molecule has 1 amide bonds. The molecule has 0 saturated carbocycles. The number of amides is 1. The van der Waals surface area contributed by atoms with Crippen LogP contribution in [0.15, 0.2) is 23.1 Å². The van der Waals surface area contributed by atoms with E-state index in [1.54, 1.807) is 11.8 Å². The Bertz CT molecular complexity index is 456. The van der Waals surface area contributed by atoms with Crippen molar-refractivity contribution in [3.63, 3.8) is 0 Å². The number of benzene rings is 1. The molecule has 3 N–H and O–H groups in total. The highest BCUT2D eigenvalue weighted by atomic mass is 35.5. The summed E-state index contributed by atoms with van der Waals surface area (Å²) in [4.78, 5) is 12.9. The number of hydrogen-bond acceptors (Lipinski definition) is 4. The molecule has 1 atom stereocenters. The number of ether oxygens (including phenoxy) is 1. The van der Waals surface area contributed by atoms with Gasteiger partial charge in [-0.2, -0.15) is 0 Å². The zero-order valence-corrected chi connectivity index (χ0v) is 12.1. The molecule has 0 fully saturated rings. The molecule has 0 aromatic heterocycles. The standard InChI is InChI=1S/C13H17ClN2O2S/c14-9-1-2-12-10(7-9)11(3-6-19-12)16-13(17)8-18-5-4-15/h1-2,7,11H,3-6,8,15H2,(H,16,17). The molecule has 0 spiro atoms. The molecule has 1 unspecified atom stereocenters. The van der Waals surface area contributed by atoms with Crippen LogP contribution in [0.3, 0.4) is 0 Å². The van der Waals surface area contributed by atoms with E-state index in [1.807, 2.05) is 18.2 Å². The molecule has 6 heteroatoms. The summed E-state index contributed by atoms with van der Waals surface area (Å²) < 4.78 is 5.13. The van der Waals surface area contributed by atoms with Crippen LogP contribution in [-0.2, 0) is 9.53 Å². The minimum atomic E-state index is -0.115. The largest absolute Gasteiger partial charge is 0.370 e. The lowest BCUT2D eigenvalue weighted by atomic mass is 10.0. The van der Waals surface area contributed by atoms with E-state index in [2.05, 4.69) is 5.32 Å². The zero-order chi connectivity index (χ0) is 13.7.